The predicted octanol–water partition coefficient (Wildman–Crippen LogP) is 3.33. The first-order valence-electron chi connectivity index (χ1n) is 5.42. The molecule has 0 saturated carbocycles. The molecule has 2 aromatic rings. The molecule has 2 rings (SSSR count). The number of carboxylic acid groups (broad SMARTS) is 1. The second kappa shape index (κ2) is 5.36. The van der Waals surface area contributed by atoms with Crippen molar-refractivity contribution in [2.45, 2.75) is 0 Å². The zero-order valence-corrected chi connectivity index (χ0v) is 9.93. The third-order valence-electron chi connectivity index (χ3n) is 2.48. The zero-order valence-electron chi connectivity index (χ0n) is 9.93. The van der Waals surface area contributed by atoms with Gasteiger partial charge >= 0.3 is 5.97 Å². The van der Waals surface area contributed by atoms with Gasteiger partial charge in [0.1, 0.15) is 11.8 Å². The van der Waals surface area contributed by atoms with Crippen LogP contribution in [0.2, 0.25) is 0 Å². The van der Waals surface area contributed by atoms with Crippen LogP contribution in [-0.2, 0) is 0 Å². The number of carbonyl (C=O) groups is 1. The van der Waals surface area contributed by atoms with Gasteiger partial charge in [0.2, 0.25) is 5.82 Å². The number of aromatic carboxylic acids is 1. The SMILES string of the molecule is N#Cc1cc(C(=O)O)ccc1Oc1cccc(F)c1F. The highest BCUT2D eigenvalue weighted by molar-refractivity contribution is 5.88. The number of hydrogen-bond donors (Lipinski definition) is 1. The highest BCUT2D eigenvalue weighted by atomic mass is 19.2. The molecule has 6 heteroatoms. The number of nitrogens with zero attached hydrogens (tertiary/aromatic N) is 1. The Balaban J connectivity index is 2.42. The topological polar surface area (TPSA) is 70.3 Å². The van der Waals surface area contributed by atoms with Crippen molar-refractivity contribution < 1.29 is 23.4 Å². The minimum absolute atomic E-state index is 0.0537. The molecule has 4 nitrogen and oxygen atoms in total. The van der Waals surface area contributed by atoms with Gasteiger partial charge in [-0.2, -0.15) is 9.65 Å². The Bertz CT molecular complexity index is 723. The van der Waals surface area contributed by atoms with E-state index >= 15 is 0 Å². The summed E-state index contributed by atoms with van der Waals surface area (Å²) in [4.78, 5) is 10.8. The summed E-state index contributed by atoms with van der Waals surface area (Å²) < 4.78 is 31.6. The van der Waals surface area contributed by atoms with Crippen LogP contribution in [0, 0.1) is 23.0 Å². The van der Waals surface area contributed by atoms with Crippen molar-refractivity contribution in [3.05, 3.63) is 59.2 Å². The summed E-state index contributed by atoms with van der Waals surface area (Å²) in [6, 6.07) is 8.64. The van der Waals surface area contributed by atoms with Crippen LogP contribution in [0.3, 0.4) is 0 Å². The first kappa shape index (κ1) is 13.5. The highest BCUT2D eigenvalue weighted by Crippen LogP contribution is 2.28. The smallest absolute Gasteiger partial charge is 0.335 e. The predicted molar refractivity (Wildman–Crippen MR) is 64.5 cm³/mol. The van der Waals surface area contributed by atoms with Crippen LogP contribution in [-0.4, -0.2) is 11.1 Å². The van der Waals surface area contributed by atoms with Crippen molar-refractivity contribution in [2.24, 2.45) is 0 Å². The monoisotopic (exact) mass is 275 g/mol. The molecule has 1 N–H and O–H groups in total. The van der Waals surface area contributed by atoms with E-state index in [4.69, 9.17) is 15.1 Å². The summed E-state index contributed by atoms with van der Waals surface area (Å²) in [5.74, 6) is -3.90. The minimum atomic E-state index is -1.20. The van der Waals surface area contributed by atoms with E-state index in [-0.39, 0.29) is 22.6 Å². The van der Waals surface area contributed by atoms with Crippen LogP contribution in [0.1, 0.15) is 15.9 Å². The Morgan fingerprint density at radius 1 is 1.20 bits per heavy atom. The maximum atomic E-state index is 13.5. The molecular weight excluding hydrogens is 268 g/mol. The molecule has 0 spiro atoms. The average molecular weight is 275 g/mol. The number of rotatable bonds is 3. The number of hydrogen-bond acceptors (Lipinski definition) is 3. The van der Waals surface area contributed by atoms with Crippen molar-refractivity contribution in [1.82, 2.24) is 0 Å². The molecule has 0 atom stereocenters. The Morgan fingerprint density at radius 2 is 1.95 bits per heavy atom. The fourth-order valence-electron chi connectivity index (χ4n) is 1.52. The zero-order chi connectivity index (χ0) is 14.7. The molecular formula is C14H7F2NO3. The summed E-state index contributed by atoms with van der Waals surface area (Å²) in [5, 5.41) is 17.7. The van der Waals surface area contributed by atoms with Crippen LogP contribution in [0.15, 0.2) is 36.4 Å². The standard InChI is InChI=1S/C14H7F2NO3/c15-10-2-1-3-12(13(10)16)20-11-5-4-8(14(18)19)6-9(11)7-17/h1-6H,(H,18,19). The lowest BCUT2D eigenvalue weighted by Gasteiger charge is -2.09. The minimum Gasteiger partial charge on any atom is -0.478 e. The molecule has 0 fully saturated rings. The van der Waals surface area contributed by atoms with Gasteiger partial charge in [-0.1, -0.05) is 6.07 Å². The highest BCUT2D eigenvalue weighted by Gasteiger charge is 2.14. The van der Waals surface area contributed by atoms with E-state index in [1.165, 1.54) is 24.3 Å². The van der Waals surface area contributed by atoms with Crippen LogP contribution in [0.5, 0.6) is 11.5 Å². The summed E-state index contributed by atoms with van der Waals surface area (Å²) in [6.07, 6.45) is 0. The first-order chi connectivity index (χ1) is 9.52. The van der Waals surface area contributed by atoms with Gasteiger partial charge in [0, 0.05) is 0 Å². The van der Waals surface area contributed by atoms with Crippen molar-refractivity contribution >= 4 is 5.97 Å². The number of halogens is 2. The van der Waals surface area contributed by atoms with E-state index in [0.29, 0.717) is 0 Å². The molecule has 0 aliphatic rings. The summed E-state index contributed by atoms with van der Waals surface area (Å²) in [5.41, 5.74) is -0.192. The number of carboxylic acids is 1. The molecule has 0 bridgehead atoms. The number of nitriles is 1. The molecule has 0 amide bonds. The van der Waals surface area contributed by atoms with Gasteiger partial charge in [0.25, 0.3) is 0 Å². The second-order valence-corrected chi connectivity index (χ2v) is 3.78. The van der Waals surface area contributed by atoms with Gasteiger partial charge in [-0.05, 0) is 30.3 Å². The first-order valence-corrected chi connectivity index (χ1v) is 5.42. The third-order valence-corrected chi connectivity index (χ3v) is 2.48. The Morgan fingerprint density at radius 3 is 2.60 bits per heavy atom. The lowest BCUT2D eigenvalue weighted by Crippen LogP contribution is -1.99. The normalized spacial score (nSPS) is 9.85. The molecule has 0 saturated heterocycles. The van der Waals surface area contributed by atoms with Gasteiger partial charge in [0.05, 0.1) is 11.1 Å². The van der Waals surface area contributed by atoms with E-state index < -0.39 is 17.6 Å². The molecule has 0 heterocycles. The van der Waals surface area contributed by atoms with Crippen molar-refractivity contribution in [3.63, 3.8) is 0 Å². The summed E-state index contributed by atoms with van der Waals surface area (Å²) >= 11 is 0. The second-order valence-electron chi connectivity index (χ2n) is 3.78. The Labute approximate surface area is 112 Å². The van der Waals surface area contributed by atoms with Gasteiger partial charge in [-0.25, -0.2) is 9.18 Å². The third kappa shape index (κ3) is 2.57. The van der Waals surface area contributed by atoms with Crippen molar-refractivity contribution in [3.8, 4) is 17.6 Å². The van der Waals surface area contributed by atoms with E-state index in [2.05, 4.69) is 0 Å². The lowest BCUT2D eigenvalue weighted by atomic mass is 10.1. The molecule has 2 aromatic carbocycles. The van der Waals surface area contributed by atoms with Gasteiger partial charge in [0.15, 0.2) is 11.6 Å². The fourth-order valence-corrected chi connectivity index (χ4v) is 1.52. The van der Waals surface area contributed by atoms with Gasteiger partial charge in [-0.3, -0.25) is 0 Å². The molecule has 0 unspecified atom stereocenters. The molecule has 0 aromatic heterocycles. The summed E-state index contributed by atoms with van der Waals surface area (Å²) in [7, 11) is 0. The van der Waals surface area contributed by atoms with Crippen LogP contribution in [0.4, 0.5) is 8.78 Å². The maximum Gasteiger partial charge on any atom is 0.335 e. The molecule has 20 heavy (non-hydrogen) atoms. The Hall–Kier alpha value is -2.94. The van der Waals surface area contributed by atoms with E-state index in [1.807, 2.05) is 0 Å². The molecule has 100 valence electrons. The fraction of sp³-hybridized carbons (Fsp3) is 0. The van der Waals surface area contributed by atoms with E-state index in [9.17, 15) is 13.6 Å². The molecule has 0 aliphatic carbocycles. The van der Waals surface area contributed by atoms with Gasteiger partial charge in [-0.15, -0.1) is 0 Å². The van der Waals surface area contributed by atoms with E-state index in [1.54, 1.807) is 6.07 Å². The Kier molecular flexibility index (Phi) is 3.62. The van der Waals surface area contributed by atoms with Crippen LogP contribution < -0.4 is 4.74 Å². The summed E-state index contributed by atoms with van der Waals surface area (Å²) in [6.45, 7) is 0. The number of ether oxygens (including phenoxy) is 1. The lowest BCUT2D eigenvalue weighted by molar-refractivity contribution is 0.0697. The molecule has 0 aliphatic heterocycles. The van der Waals surface area contributed by atoms with Crippen molar-refractivity contribution in [2.75, 3.05) is 0 Å². The number of benzene rings is 2. The maximum absolute atomic E-state index is 13.5. The van der Waals surface area contributed by atoms with Crippen LogP contribution in [0.25, 0.3) is 0 Å². The largest absolute Gasteiger partial charge is 0.478 e. The van der Waals surface area contributed by atoms with Crippen molar-refractivity contribution in [1.29, 1.82) is 5.26 Å². The average Bonchev–Trinajstić information content (AvgIpc) is 2.44. The molecule has 0 radical (unpaired) electrons. The van der Waals surface area contributed by atoms with E-state index in [0.717, 1.165) is 12.1 Å². The van der Waals surface area contributed by atoms with Crippen LogP contribution >= 0.6 is 0 Å². The quantitative estimate of drug-likeness (QED) is 0.932. The van der Waals surface area contributed by atoms with Gasteiger partial charge < -0.3 is 9.84 Å².